The minimum absolute atomic E-state index is 0.176. The number of nitrogens with zero attached hydrogens (tertiary/aromatic N) is 2. The van der Waals surface area contributed by atoms with Crippen molar-refractivity contribution in [1.29, 1.82) is 0 Å². The lowest BCUT2D eigenvalue weighted by molar-refractivity contribution is -0.458. The molecule has 0 atom stereocenters. The van der Waals surface area contributed by atoms with Crippen molar-refractivity contribution in [2.24, 2.45) is 0 Å². The standard InChI is InChI=1S/C8H11N3O2/c1-5-9-7(12)6(4-11(2)3)8(13)10-5/h4H,1-3H3,(H,9,10,12,13)/p+1. The first kappa shape index (κ1) is 9.44. The van der Waals surface area contributed by atoms with Gasteiger partial charge in [0.25, 0.3) is 5.56 Å². The number of H-pyrrole nitrogens is 1. The van der Waals surface area contributed by atoms with Crippen molar-refractivity contribution < 1.29 is 9.68 Å². The van der Waals surface area contributed by atoms with Crippen LogP contribution in [0.2, 0.25) is 0 Å². The second-order valence-electron chi connectivity index (χ2n) is 2.98. The van der Waals surface area contributed by atoms with E-state index in [9.17, 15) is 9.90 Å². The highest BCUT2D eigenvalue weighted by Gasteiger charge is 2.09. The van der Waals surface area contributed by atoms with Gasteiger partial charge in [-0.1, -0.05) is 0 Å². The van der Waals surface area contributed by atoms with E-state index in [0.717, 1.165) is 0 Å². The van der Waals surface area contributed by atoms with Crippen LogP contribution in [0.4, 0.5) is 0 Å². The summed E-state index contributed by atoms with van der Waals surface area (Å²) in [4.78, 5) is 17.5. The maximum atomic E-state index is 11.3. The van der Waals surface area contributed by atoms with Crippen molar-refractivity contribution in [2.75, 3.05) is 14.1 Å². The zero-order valence-corrected chi connectivity index (χ0v) is 7.83. The molecular weight excluding hydrogens is 170 g/mol. The molecule has 2 N–H and O–H groups in total. The second-order valence-corrected chi connectivity index (χ2v) is 2.98. The van der Waals surface area contributed by atoms with Crippen LogP contribution in [0.15, 0.2) is 4.79 Å². The smallest absolute Gasteiger partial charge is 0.268 e. The first-order valence-corrected chi connectivity index (χ1v) is 3.82. The van der Waals surface area contributed by atoms with Gasteiger partial charge >= 0.3 is 0 Å². The molecule has 0 bridgehead atoms. The van der Waals surface area contributed by atoms with Gasteiger partial charge in [-0.3, -0.25) is 4.79 Å². The molecule has 1 aromatic rings. The van der Waals surface area contributed by atoms with Gasteiger partial charge < -0.3 is 10.1 Å². The largest absolute Gasteiger partial charge is 0.492 e. The average molecular weight is 182 g/mol. The molecule has 0 aliphatic rings. The first-order valence-electron chi connectivity index (χ1n) is 3.82. The van der Waals surface area contributed by atoms with Crippen LogP contribution in [0.3, 0.4) is 0 Å². The number of aromatic amines is 1. The van der Waals surface area contributed by atoms with E-state index in [4.69, 9.17) is 0 Å². The highest BCUT2D eigenvalue weighted by molar-refractivity contribution is 5.77. The Bertz CT molecular complexity index is 402. The summed E-state index contributed by atoms with van der Waals surface area (Å²) in [5.74, 6) is 0.161. The Kier molecular flexibility index (Phi) is 2.46. The van der Waals surface area contributed by atoms with Gasteiger partial charge in [-0.2, -0.15) is 4.98 Å². The summed E-state index contributed by atoms with van der Waals surface area (Å²) in [7, 11) is 3.53. The van der Waals surface area contributed by atoms with Crippen LogP contribution < -0.4 is 5.56 Å². The Hall–Kier alpha value is -1.65. The van der Waals surface area contributed by atoms with Gasteiger partial charge in [-0.15, -0.1) is 0 Å². The molecule has 1 rings (SSSR count). The Morgan fingerprint density at radius 3 is 2.62 bits per heavy atom. The number of hydrogen-bond donors (Lipinski definition) is 2. The predicted octanol–water partition coefficient (Wildman–Crippen LogP) is -0.525. The molecule has 0 unspecified atom stereocenters. The van der Waals surface area contributed by atoms with E-state index in [-0.39, 0.29) is 17.0 Å². The van der Waals surface area contributed by atoms with Crippen LogP contribution in [0, 0.1) is 6.92 Å². The number of rotatable bonds is 1. The molecule has 13 heavy (non-hydrogen) atoms. The SMILES string of the molecule is Cc1nc(O)c(C=[N+](C)C)c(=O)[nH]1. The Morgan fingerprint density at radius 1 is 1.54 bits per heavy atom. The summed E-state index contributed by atoms with van der Waals surface area (Å²) in [6.45, 7) is 1.61. The minimum atomic E-state index is -0.335. The van der Waals surface area contributed by atoms with Gasteiger partial charge in [0.1, 0.15) is 19.9 Å². The third-order valence-electron chi connectivity index (χ3n) is 1.44. The second kappa shape index (κ2) is 3.38. The molecule has 1 heterocycles. The third-order valence-corrected chi connectivity index (χ3v) is 1.44. The molecule has 0 fully saturated rings. The molecule has 5 heteroatoms. The predicted molar refractivity (Wildman–Crippen MR) is 48.5 cm³/mol. The summed E-state index contributed by atoms with van der Waals surface area (Å²) in [6.07, 6.45) is 1.51. The fourth-order valence-electron chi connectivity index (χ4n) is 0.955. The number of nitrogens with one attached hydrogen (secondary N) is 1. The fourth-order valence-corrected chi connectivity index (χ4v) is 0.955. The third kappa shape index (κ3) is 2.14. The molecule has 0 aliphatic carbocycles. The highest BCUT2D eigenvalue weighted by atomic mass is 16.3. The van der Waals surface area contributed by atoms with E-state index in [1.807, 2.05) is 0 Å². The van der Waals surface area contributed by atoms with Crippen molar-refractivity contribution in [1.82, 2.24) is 9.97 Å². The van der Waals surface area contributed by atoms with Gasteiger partial charge in [0.2, 0.25) is 5.88 Å². The van der Waals surface area contributed by atoms with Crippen LogP contribution in [0.25, 0.3) is 0 Å². The molecule has 0 aliphatic heterocycles. The van der Waals surface area contributed by atoms with E-state index >= 15 is 0 Å². The van der Waals surface area contributed by atoms with Crippen LogP contribution in [-0.2, 0) is 0 Å². The summed E-state index contributed by atoms with van der Waals surface area (Å²) in [5.41, 5.74) is -0.158. The molecule has 1 aromatic heterocycles. The van der Waals surface area contributed by atoms with Crippen LogP contribution in [-0.4, -0.2) is 40.0 Å². The lowest BCUT2D eigenvalue weighted by Crippen LogP contribution is -2.17. The molecule has 0 amide bonds. The van der Waals surface area contributed by atoms with Gasteiger partial charge in [-0.25, -0.2) is 4.58 Å². The van der Waals surface area contributed by atoms with Gasteiger partial charge in [0.05, 0.1) is 0 Å². The zero-order chi connectivity index (χ0) is 10.0. The van der Waals surface area contributed by atoms with E-state index < -0.39 is 0 Å². The zero-order valence-electron chi connectivity index (χ0n) is 7.83. The number of aromatic hydroxyl groups is 1. The van der Waals surface area contributed by atoms with Gasteiger partial charge in [-0.05, 0) is 6.92 Å². The van der Waals surface area contributed by atoms with Crippen molar-refractivity contribution >= 4 is 6.21 Å². The maximum absolute atomic E-state index is 11.3. The lowest BCUT2D eigenvalue weighted by atomic mass is 10.3. The minimum Gasteiger partial charge on any atom is -0.492 e. The van der Waals surface area contributed by atoms with Crippen molar-refractivity contribution in [3.8, 4) is 5.88 Å². The molecule has 0 spiro atoms. The van der Waals surface area contributed by atoms with Gasteiger partial charge in [0.15, 0.2) is 11.8 Å². The van der Waals surface area contributed by atoms with Crippen LogP contribution >= 0.6 is 0 Å². The molecule has 0 saturated carbocycles. The Balaban J connectivity index is 3.38. The summed E-state index contributed by atoms with van der Waals surface area (Å²) in [5, 5.41) is 9.33. The molecular formula is C8H12N3O2+. The lowest BCUT2D eigenvalue weighted by Gasteiger charge is -1.96. The molecule has 5 nitrogen and oxygen atoms in total. The van der Waals surface area contributed by atoms with E-state index in [2.05, 4.69) is 9.97 Å². The number of aryl methyl sites for hydroxylation is 1. The average Bonchev–Trinajstić information content (AvgIpc) is 1.96. The van der Waals surface area contributed by atoms with Crippen molar-refractivity contribution in [3.05, 3.63) is 21.7 Å². The highest BCUT2D eigenvalue weighted by Crippen LogP contribution is 2.04. The topological polar surface area (TPSA) is 69.0 Å². The van der Waals surface area contributed by atoms with Crippen LogP contribution in [0.1, 0.15) is 11.4 Å². The van der Waals surface area contributed by atoms with Crippen molar-refractivity contribution in [3.63, 3.8) is 0 Å². The molecule has 0 aromatic carbocycles. The van der Waals surface area contributed by atoms with Crippen molar-refractivity contribution in [2.45, 2.75) is 6.92 Å². The number of aromatic nitrogens is 2. The fraction of sp³-hybridized carbons (Fsp3) is 0.375. The number of hydrogen-bond acceptors (Lipinski definition) is 3. The normalized spacial score (nSPS) is 9.77. The Labute approximate surface area is 75.4 Å². The molecule has 0 saturated heterocycles. The maximum Gasteiger partial charge on any atom is 0.268 e. The Morgan fingerprint density at radius 2 is 2.15 bits per heavy atom. The quantitative estimate of drug-likeness (QED) is 0.453. The monoisotopic (exact) mass is 182 g/mol. The summed E-state index contributed by atoms with van der Waals surface area (Å²) >= 11 is 0. The van der Waals surface area contributed by atoms with E-state index in [0.29, 0.717) is 5.82 Å². The molecule has 0 radical (unpaired) electrons. The van der Waals surface area contributed by atoms with Gasteiger partial charge in [0, 0.05) is 0 Å². The first-order chi connectivity index (χ1) is 6.00. The summed E-state index contributed by atoms with van der Waals surface area (Å²) < 4.78 is 1.67. The van der Waals surface area contributed by atoms with Crippen LogP contribution in [0.5, 0.6) is 5.88 Å². The summed E-state index contributed by atoms with van der Waals surface area (Å²) in [6, 6.07) is 0. The van der Waals surface area contributed by atoms with E-state index in [1.165, 1.54) is 6.21 Å². The van der Waals surface area contributed by atoms with E-state index in [1.54, 1.807) is 25.6 Å². The molecule has 70 valence electrons.